The first kappa shape index (κ1) is 14.9. The van der Waals surface area contributed by atoms with Crippen molar-refractivity contribution in [2.24, 2.45) is 11.8 Å². The number of halogens is 3. The lowest BCUT2D eigenvalue weighted by Gasteiger charge is -2.16. The summed E-state index contributed by atoms with van der Waals surface area (Å²) >= 11 is 0. The molecule has 0 aliphatic heterocycles. The van der Waals surface area contributed by atoms with Gasteiger partial charge in [0, 0.05) is 12.2 Å². The van der Waals surface area contributed by atoms with Crippen molar-refractivity contribution >= 4 is 5.69 Å². The molecule has 0 fully saturated rings. The van der Waals surface area contributed by atoms with Crippen LogP contribution in [0.3, 0.4) is 0 Å². The standard InChI is InChI=1S/C14H20F3N/c1-10(2)7-11(3)9-18-13-6-4-5-12(8-13)14(15,16)17/h4-6,8,10-11,18H,7,9H2,1-3H3. The Hall–Kier alpha value is -1.19. The molecule has 1 N–H and O–H groups in total. The second-order valence-electron chi connectivity index (χ2n) is 5.19. The predicted molar refractivity (Wildman–Crippen MR) is 68.6 cm³/mol. The Morgan fingerprint density at radius 3 is 2.39 bits per heavy atom. The molecule has 18 heavy (non-hydrogen) atoms. The van der Waals surface area contributed by atoms with E-state index in [1.54, 1.807) is 6.07 Å². The van der Waals surface area contributed by atoms with Crippen molar-refractivity contribution in [2.45, 2.75) is 33.4 Å². The topological polar surface area (TPSA) is 12.0 Å². The maximum absolute atomic E-state index is 12.5. The van der Waals surface area contributed by atoms with Gasteiger partial charge in [-0.1, -0.05) is 26.8 Å². The fourth-order valence-electron chi connectivity index (χ4n) is 1.99. The Morgan fingerprint density at radius 2 is 1.83 bits per heavy atom. The van der Waals surface area contributed by atoms with E-state index in [0.717, 1.165) is 18.6 Å². The van der Waals surface area contributed by atoms with Crippen LogP contribution in [0.4, 0.5) is 18.9 Å². The van der Waals surface area contributed by atoms with Crippen molar-refractivity contribution in [2.75, 3.05) is 11.9 Å². The molecule has 1 unspecified atom stereocenters. The summed E-state index contributed by atoms with van der Waals surface area (Å²) in [7, 11) is 0. The van der Waals surface area contributed by atoms with Gasteiger partial charge in [-0.2, -0.15) is 13.2 Å². The van der Waals surface area contributed by atoms with Gasteiger partial charge < -0.3 is 5.32 Å². The molecule has 0 saturated carbocycles. The Balaban J connectivity index is 2.58. The van der Waals surface area contributed by atoms with Gasteiger partial charge in [-0.3, -0.25) is 0 Å². The summed E-state index contributed by atoms with van der Waals surface area (Å²) in [6.45, 7) is 7.07. The van der Waals surface area contributed by atoms with Gasteiger partial charge in [-0.05, 0) is 36.5 Å². The van der Waals surface area contributed by atoms with Crippen LogP contribution in [0.15, 0.2) is 24.3 Å². The van der Waals surface area contributed by atoms with Crippen molar-refractivity contribution in [1.29, 1.82) is 0 Å². The minimum absolute atomic E-state index is 0.444. The van der Waals surface area contributed by atoms with E-state index in [-0.39, 0.29) is 0 Å². The monoisotopic (exact) mass is 259 g/mol. The van der Waals surface area contributed by atoms with E-state index in [1.165, 1.54) is 6.07 Å². The van der Waals surface area contributed by atoms with E-state index >= 15 is 0 Å². The Labute approximate surface area is 106 Å². The molecule has 0 bridgehead atoms. The lowest BCUT2D eigenvalue weighted by atomic mass is 9.99. The normalized spacial score (nSPS) is 13.7. The summed E-state index contributed by atoms with van der Waals surface area (Å²) in [5.74, 6) is 1.04. The third-order valence-electron chi connectivity index (χ3n) is 2.72. The van der Waals surface area contributed by atoms with Crippen LogP contribution in [-0.4, -0.2) is 6.54 Å². The van der Waals surface area contributed by atoms with Crippen LogP contribution in [0, 0.1) is 11.8 Å². The molecular formula is C14H20F3N. The van der Waals surface area contributed by atoms with Crippen molar-refractivity contribution in [3.05, 3.63) is 29.8 Å². The number of benzene rings is 1. The second kappa shape index (κ2) is 6.12. The average molecular weight is 259 g/mol. The van der Waals surface area contributed by atoms with Gasteiger partial charge in [0.05, 0.1) is 5.56 Å². The molecule has 0 spiro atoms. The van der Waals surface area contributed by atoms with Crippen molar-refractivity contribution in [3.63, 3.8) is 0 Å². The molecule has 0 aliphatic rings. The van der Waals surface area contributed by atoms with Crippen LogP contribution >= 0.6 is 0 Å². The van der Waals surface area contributed by atoms with Crippen LogP contribution in [0.5, 0.6) is 0 Å². The summed E-state index contributed by atoms with van der Waals surface area (Å²) in [4.78, 5) is 0. The van der Waals surface area contributed by atoms with Gasteiger partial charge in [0.25, 0.3) is 0 Å². The van der Waals surface area contributed by atoms with Crippen molar-refractivity contribution in [3.8, 4) is 0 Å². The maximum atomic E-state index is 12.5. The SMILES string of the molecule is CC(C)CC(C)CNc1cccc(C(F)(F)F)c1. The molecule has 102 valence electrons. The Kier molecular flexibility index (Phi) is 5.05. The lowest BCUT2D eigenvalue weighted by molar-refractivity contribution is -0.137. The van der Waals surface area contributed by atoms with Crippen LogP contribution < -0.4 is 5.32 Å². The average Bonchev–Trinajstić information content (AvgIpc) is 2.25. The Morgan fingerprint density at radius 1 is 1.17 bits per heavy atom. The molecule has 0 amide bonds. The third kappa shape index (κ3) is 4.98. The van der Waals surface area contributed by atoms with E-state index in [9.17, 15) is 13.2 Å². The van der Waals surface area contributed by atoms with Gasteiger partial charge in [0.15, 0.2) is 0 Å². The van der Waals surface area contributed by atoms with Gasteiger partial charge in [-0.25, -0.2) is 0 Å². The Bertz CT molecular complexity index is 372. The van der Waals surface area contributed by atoms with Gasteiger partial charge in [0.2, 0.25) is 0 Å². The zero-order valence-corrected chi connectivity index (χ0v) is 11.0. The highest BCUT2D eigenvalue weighted by Gasteiger charge is 2.30. The lowest BCUT2D eigenvalue weighted by Crippen LogP contribution is -2.14. The third-order valence-corrected chi connectivity index (χ3v) is 2.72. The molecular weight excluding hydrogens is 239 g/mol. The molecule has 1 atom stereocenters. The van der Waals surface area contributed by atoms with E-state index in [2.05, 4.69) is 26.1 Å². The van der Waals surface area contributed by atoms with Crippen LogP contribution in [0.1, 0.15) is 32.8 Å². The fourth-order valence-corrected chi connectivity index (χ4v) is 1.99. The van der Waals surface area contributed by atoms with Gasteiger partial charge in [-0.15, -0.1) is 0 Å². The number of anilines is 1. The minimum Gasteiger partial charge on any atom is -0.385 e. The van der Waals surface area contributed by atoms with Crippen LogP contribution in [-0.2, 0) is 6.18 Å². The molecule has 1 aromatic carbocycles. The maximum Gasteiger partial charge on any atom is 0.416 e. The summed E-state index contributed by atoms with van der Waals surface area (Å²) in [6.07, 6.45) is -3.22. The summed E-state index contributed by atoms with van der Waals surface area (Å²) in [6, 6.07) is 5.33. The van der Waals surface area contributed by atoms with Crippen LogP contribution in [0.2, 0.25) is 0 Å². The van der Waals surface area contributed by atoms with E-state index in [1.807, 2.05) is 0 Å². The zero-order valence-electron chi connectivity index (χ0n) is 11.0. The first-order valence-electron chi connectivity index (χ1n) is 6.20. The zero-order chi connectivity index (χ0) is 13.8. The first-order valence-corrected chi connectivity index (χ1v) is 6.20. The van der Waals surface area contributed by atoms with Crippen LogP contribution in [0.25, 0.3) is 0 Å². The molecule has 0 saturated heterocycles. The fraction of sp³-hybridized carbons (Fsp3) is 0.571. The smallest absolute Gasteiger partial charge is 0.385 e. The molecule has 1 rings (SSSR count). The van der Waals surface area contributed by atoms with Gasteiger partial charge in [0.1, 0.15) is 0 Å². The predicted octanol–water partition coefficient (Wildman–Crippen LogP) is 4.80. The molecule has 0 aliphatic carbocycles. The molecule has 1 nitrogen and oxygen atoms in total. The van der Waals surface area contributed by atoms with Crippen molar-refractivity contribution in [1.82, 2.24) is 0 Å². The first-order chi connectivity index (χ1) is 8.29. The van der Waals surface area contributed by atoms with Gasteiger partial charge >= 0.3 is 6.18 Å². The van der Waals surface area contributed by atoms with E-state index < -0.39 is 11.7 Å². The summed E-state index contributed by atoms with van der Waals surface area (Å²) < 4.78 is 37.5. The summed E-state index contributed by atoms with van der Waals surface area (Å²) in [5.41, 5.74) is -0.0792. The largest absolute Gasteiger partial charge is 0.416 e. The van der Waals surface area contributed by atoms with Crippen molar-refractivity contribution < 1.29 is 13.2 Å². The number of hydrogen-bond donors (Lipinski definition) is 1. The highest BCUT2D eigenvalue weighted by Crippen LogP contribution is 2.30. The summed E-state index contributed by atoms with van der Waals surface area (Å²) in [5, 5.41) is 3.06. The highest BCUT2D eigenvalue weighted by molar-refractivity contribution is 5.46. The molecule has 0 radical (unpaired) electrons. The number of hydrogen-bond acceptors (Lipinski definition) is 1. The quantitative estimate of drug-likeness (QED) is 0.801. The second-order valence-corrected chi connectivity index (χ2v) is 5.19. The van der Waals surface area contributed by atoms with E-state index in [4.69, 9.17) is 0 Å². The number of nitrogens with one attached hydrogen (secondary N) is 1. The highest BCUT2D eigenvalue weighted by atomic mass is 19.4. The molecule has 0 aromatic heterocycles. The number of rotatable bonds is 5. The molecule has 4 heteroatoms. The van der Waals surface area contributed by atoms with E-state index in [0.29, 0.717) is 24.1 Å². The minimum atomic E-state index is -4.28. The molecule has 0 heterocycles. The number of alkyl halides is 3. The molecule has 1 aromatic rings.